The topological polar surface area (TPSA) is 61.9 Å². The SMILES string of the molecule is COCCCN(CCC(=O)Nc1ccc(N2CCCCC2)cc1)C(C)=O. The van der Waals surface area contributed by atoms with Crippen LogP contribution in [-0.4, -0.2) is 56.6 Å². The van der Waals surface area contributed by atoms with Gasteiger partial charge in [0.25, 0.3) is 0 Å². The molecule has 6 heteroatoms. The summed E-state index contributed by atoms with van der Waals surface area (Å²) in [4.78, 5) is 27.9. The zero-order valence-electron chi connectivity index (χ0n) is 16.0. The van der Waals surface area contributed by atoms with Gasteiger partial charge in [0.2, 0.25) is 11.8 Å². The van der Waals surface area contributed by atoms with Crippen molar-refractivity contribution in [1.29, 1.82) is 0 Å². The van der Waals surface area contributed by atoms with Crippen LogP contribution in [0.2, 0.25) is 0 Å². The molecule has 0 spiro atoms. The summed E-state index contributed by atoms with van der Waals surface area (Å²) in [6, 6.07) is 8.02. The molecule has 1 N–H and O–H groups in total. The molecular weight excluding hydrogens is 330 g/mol. The van der Waals surface area contributed by atoms with Crippen molar-refractivity contribution in [2.24, 2.45) is 0 Å². The van der Waals surface area contributed by atoms with Crippen LogP contribution in [0.25, 0.3) is 0 Å². The van der Waals surface area contributed by atoms with E-state index in [1.165, 1.54) is 31.9 Å². The average molecular weight is 361 g/mol. The van der Waals surface area contributed by atoms with Crippen molar-refractivity contribution in [3.63, 3.8) is 0 Å². The Bertz CT molecular complexity index is 568. The highest BCUT2D eigenvalue weighted by Crippen LogP contribution is 2.21. The Morgan fingerprint density at radius 3 is 2.42 bits per heavy atom. The second kappa shape index (κ2) is 10.8. The first-order valence-corrected chi connectivity index (χ1v) is 9.49. The van der Waals surface area contributed by atoms with Gasteiger partial charge < -0.3 is 19.9 Å². The predicted molar refractivity (Wildman–Crippen MR) is 104 cm³/mol. The predicted octanol–water partition coefficient (Wildman–Crippen LogP) is 2.89. The second-order valence-corrected chi connectivity index (χ2v) is 6.75. The Morgan fingerprint density at radius 2 is 1.81 bits per heavy atom. The van der Waals surface area contributed by atoms with E-state index in [1.54, 1.807) is 12.0 Å². The molecule has 1 heterocycles. The minimum absolute atomic E-state index is 0.0141. The maximum absolute atomic E-state index is 12.2. The van der Waals surface area contributed by atoms with Gasteiger partial charge in [0.1, 0.15) is 0 Å². The fraction of sp³-hybridized carbons (Fsp3) is 0.600. The number of benzene rings is 1. The van der Waals surface area contributed by atoms with Gasteiger partial charge in [-0.3, -0.25) is 9.59 Å². The van der Waals surface area contributed by atoms with Gasteiger partial charge in [-0.05, 0) is 49.9 Å². The van der Waals surface area contributed by atoms with E-state index in [0.717, 1.165) is 25.2 Å². The smallest absolute Gasteiger partial charge is 0.226 e. The van der Waals surface area contributed by atoms with Gasteiger partial charge in [0.15, 0.2) is 0 Å². The third-order valence-corrected chi connectivity index (χ3v) is 4.70. The standard InChI is InChI=1S/C20H31N3O3/c1-17(24)22(14-6-16-26-2)15-11-20(25)21-18-7-9-19(10-8-18)23-12-4-3-5-13-23/h7-10H,3-6,11-16H2,1-2H3,(H,21,25). The molecule has 0 bridgehead atoms. The summed E-state index contributed by atoms with van der Waals surface area (Å²) >= 11 is 0. The van der Waals surface area contributed by atoms with Crippen LogP contribution in [0.15, 0.2) is 24.3 Å². The number of ether oxygens (including phenoxy) is 1. The molecule has 0 unspecified atom stereocenters. The highest BCUT2D eigenvalue weighted by molar-refractivity contribution is 5.91. The second-order valence-electron chi connectivity index (χ2n) is 6.75. The lowest BCUT2D eigenvalue weighted by Gasteiger charge is -2.28. The molecule has 2 rings (SSSR count). The lowest BCUT2D eigenvalue weighted by molar-refractivity contribution is -0.129. The summed E-state index contributed by atoms with van der Waals surface area (Å²) in [6.45, 7) is 5.40. The van der Waals surface area contributed by atoms with Crippen LogP contribution in [0.5, 0.6) is 0 Å². The van der Waals surface area contributed by atoms with Crippen LogP contribution in [0.1, 0.15) is 39.0 Å². The molecule has 1 aromatic rings. The third-order valence-electron chi connectivity index (χ3n) is 4.70. The van der Waals surface area contributed by atoms with Crippen molar-refractivity contribution < 1.29 is 14.3 Å². The molecule has 6 nitrogen and oxygen atoms in total. The summed E-state index contributed by atoms with van der Waals surface area (Å²) in [7, 11) is 1.64. The Labute approximate surface area is 156 Å². The molecule has 1 fully saturated rings. The maximum Gasteiger partial charge on any atom is 0.226 e. The third kappa shape index (κ3) is 6.67. The molecule has 1 aliphatic heterocycles. The van der Waals surface area contributed by atoms with Crippen molar-refractivity contribution >= 4 is 23.2 Å². The van der Waals surface area contributed by atoms with E-state index >= 15 is 0 Å². The number of nitrogens with zero attached hydrogens (tertiary/aromatic N) is 2. The number of methoxy groups -OCH3 is 1. The fourth-order valence-electron chi connectivity index (χ4n) is 3.19. The number of rotatable bonds is 9. The fourth-order valence-corrected chi connectivity index (χ4v) is 3.19. The van der Waals surface area contributed by atoms with Crippen LogP contribution in [-0.2, 0) is 14.3 Å². The van der Waals surface area contributed by atoms with Gasteiger partial charge in [0.05, 0.1) is 0 Å². The van der Waals surface area contributed by atoms with Crippen molar-refractivity contribution in [3.8, 4) is 0 Å². The summed E-state index contributed by atoms with van der Waals surface area (Å²) in [5.74, 6) is -0.0894. The monoisotopic (exact) mass is 361 g/mol. The number of piperidine rings is 1. The van der Waals surface area contributed by atoms with E-state index in [9.17, 15) is 9.59 Å². The molecule has 1 aromatic carbocycles. The Balaban J connectivity index is 1.78. The van der Waals surface area contributed by atoms with E-state index < -0.39 is 0 Å². The van der Waals surface area contributed by atoms with Gasteiger partial charge >= 0.3 is 0 Å². The molecule has 26 heavy (non-hydrogen) atoms. The minimum Gasteiger partial charge on any atom is -0.385 e. The molecule has 2 amide bonds. The minimum atomic E-state index is -0.0753. The average Bonchev–Trinajstić information content (AvgIpc) is 2.65. The van der Waals surface area contributed by atoms with E-state index in [2.05, 4.69) is 22.3 Å². The van der Waals surface area contributed by atoms with Crippen molar-refractivity contribution in [1.82, 2.24) is 4.90 Å². The molecule has 0 saturated carbocycles. The van der Waals surface area contributed by atoms with Crippen molar-refractivity contribution in [2.75, 3.05) is 50.1 Å². The van der Waals surface area contributed by atoms with Crippen LogP contribution in [0.4, 0.5) is 11.4 Å². The Morgan fingerprint density at radius 1 is 1.12 bits per heavy atom. The van der Waals surface area contributed by atoms with E-state index in [-0.39, 0.29) is 11.8 Å². The number of nitrogens with one attached hydrogen (secondary N) is 1. The van der Waals surface area contributed by atoms with Crippen LogP contribution >= 0.6 is 0 Å². The van der Waals surface area contributed by atoms with E-state index in [1.807, 2.05) is 12.1 Å². The summed E-state index contributed by atoms with van der Waals surface area (Å²) in [5, 5.41) is 2.91. The van der Waals surface area contributed by atoms with Crippen molar-refractivity contribution in [2.45, 2.75) is 39.0 Å². The molecule has 0 radical (unpaired) electrons. The maximum atomic E-state index is 12.2. The quantitative estimate of drug-likeness (QED) is 0.687. The first kappa shape index (κ1) is 20.2. The highest BCUT2D eigenvalue weighted by atomic mass is 16.5. The first-order valence-electron chi connectivity index (χ1n) is 9.49. The molecule has 1 saturated heterocycles. The van der Waals surface area contributed by atoms with Gasteiger partial charge in [-0.25, -0.2) is 0 Å². The molecule has 1 aliphatic rings. The summed E-state index contributed by atoms with van der Waals surface area (Å²) < 4.78 is 5.01. The normalized spacial score (nSPS) is 14.2. The Hall–Kier alpha value is -2.08. The largest absolute Gasteiger partial charge is 0.385 e. The number of hydrogen-bond donors (Lipinski definition) is 1. The summed E-state index contributed by atoms with van der Waals surface area (Å²) in [6.07, 6.45) is 4.87. The molecule has 0 aromatic heterocycles. The zero-order chi connectivity index (χ0) is 18.8. The molecule has 0 aliphatic carbocycles. The van der Waals surface area contributed by atoms with E-state index in [4.69, 9.17) is 4.74 Å². The highest BCUT2D eigenvalue weighted by Gasteiger charge is 2.12. The lowest BCUT2D eigenvalue weighted by Crippen LogP contribution is -2.33. The number of anilines is 2. The number of amides is 2. The number of carbonyl (C=O) groups is 2. The molecule has 0 atom stereocenters. The summed E-state index contributed by atoms with van der Waals surface area (Å²) in [5.41, 5.74) is 2.01. The van der Waals surface area contributed by atoms with Gasteiger partial charge in [0, 0.05) is 64.6 Å². The van der Waals surface area contributed by atoms with Crippen LogP contribution in [0, 0.1) is 0 Å². The van der Waals surface area contributed by atoms with Gasteiger partial charge in [-0.2, -0.15) is 0 Å². The van der Waals surface area contributed by atoms with Gasteiger partial charge in [-0.1, -0.05) is 0 Å². The van der Waals surface area contributed by atoms with Crippen LogP contribution < -0.4 is 10.2 Å². The van der Waals surface area contributed by atoms with E-state index in [0.29, 0.717) is 26.1 Å². The lowest BCUT2D eigenvalue weighted by atomic mass is 10.1. The first-order chi connectivity index (χ1) is 12.6. The van der Waals surface area contributed by atoms with Crippen molar-refractivity contribution in [3.05, 3.63) is 24.3 Å². The molecular formula is C20H31N3O3. The van der Waals surface area contributed by atoms with Gasteiger partial charge in [-0.15, -0.1) is 0 Å². The molecule has 144 valence electrons. The number of carbonyl (C=O) groups excluding carboxylic acids is 2. The number of hydrogen-bond acceptors (Lipinski definition) is 4. The zero-order valence-corrected chi connectivity index (χ0v) is 16.0. The van der Waals surface area contributed by atoms with Crippen LogP contribution in [0.3, 0.4) is 0 Å². The Kier molecular flexibility index (Phi) is 8.41.